The number of carbonyl (C=O) groups is 2. The van der Waals surface area contributed by atoms with Gasteiger partial charge in [0.05, 0.1) is 6.54 Å². The molecule has 24 heavy (non-hydrogen) atoms. The average Bonchev–Trinajstić information content (AvgIpc) is 2.96. The molecule has 5 nitrogen and oxygen atoms in total. The first-order chi connectivity index (χ1) is 11.5. The number of aryl methyl sites for hydroxylation is 2. The number of benzene rings is 2. The standard InChI is InChI=1S/C19H15N3O2/c1-11-7-12(2)9-13(8-11)10-22-17-16(20-21-22)18(23)14-5-3-4-6-15(14)19(17)24/h3-9H,10H2,1-2H3. The van der Waals surface area contributed by atoms with Gasteiger partial charge in [-0.25, -0.2) is 4.68 Å². The molecule has 0 unspecified atom stereocenters. The smallest absolute Gasteiger partial charge is 0.216 e. The third-order valence-corrected chi connectivity index (χ3v) is 4.20. The molecule has 1 aliphatic rings. The Morgan fingerprint density at radius 3 is 2.21 bits per heavy atom. The molecule has 1 aromatic heterocycles. The summed E-state index contributed by atoms with van der Waals surface area (Å²) in [5.74, 6) is -0.443. The van der Waals surface area contributed by atoms with Crippen LogP contribution in [0.2, 0.25) is 0 Å². The Bertz CT molecular complexity index is 981. The maximum Gasteiger partial charge on any atom is 0.216 e. The molecule has 0 atom stereocenters. The van der Waals surface area contributed by atoms with Crippen molar-refractivity contribution in [2.24, 2.45) is 0 Å². The summed E-state index contributed by atoms with van der Waals surface area (Å²) in [6.07, 6.45) is 0. The summed E-state index contributed by atoms with van der Waals surface area (Å²) >= 11 is 0. The maximum absolute atomic E-state index is 12.8. The third-order valence-electron chi connectivity index (χ3n) is 4.20. The number of ketones is 2. The highest BCUT2D eigenvalue weighted by Gasteiger charge is 2.34. The minimum atomic E-state index is -0.244. The monoisotopic (exact) mass is 317 g/mol. The predicted molar refractivity (Wildman–Crippen MR) is 88.3 cm³/mol. The largest absolute Gasteiger partial charge is 0.287 e. The summed E-state index contributed by atoms with van der Waals surface area (Å²) in [4.78, 5) is 25.4. The average molecular weight is 317 g/mol. The number of hydrogen-bond acceptors (Lipinski definition) is 4. The normalized spacial score (nSPS) is 12.9. The predicted octanol–water partition coefficient (Wildman–Crippen LogP) is 2.72. The fourth-order valence-electron chi connectivity index (χ4n) is 3.27. The lowest BCUT2D eigenvalue weighted by Crippen LogP contribution is -2.23. The highest BCUT2D eigenvalue weighted by atomic mass is 16.1. The van der Waals surface area contributed by atoms with Crippen LogP contribution in [0.15, 0.2) is 42.5 Å². The quantitative estimate of drug-likeness (QED) is 0.570. The number of hydrogen-bond donors (Lipinski definition) is 0. The van der Waals surface area contributed by atoms with Gasteiger partial charge in [-0.1, -0.05) is 58.8 Å². The van der Waals surface area contributed by atoms with E-state index in [1.54, 1.807) is 24.3 Å². The van der Waals surface area contributed by atoms with Crippen LogP contribution in [0.5, 0.6) is 0 Å². The number of carbonyl (C=O) groups excluding carboxylic acids is 2. The van der Waals surface area contributed by atoms with Gasteiger partial charge in [-0.3, -0.25) is 9.59 Å². The van der Waals surface area contributed by atoms with Crippen LogP contribution in [0.3, 0.4) is 0 Å². The van der Waals surface area contributed by atoms with Gasteiger partial charge in [-0.05, 0) is 19.4 Å². The van der Waals surface area contributed by atoms with Crippen molar-refractivity contribution in [1.82, 2.24) is 15.0 Å². The molecule has 3 aromatic rings. The number of nitrogens with zero attached hydrogens (tertiary/aromatic N) is 3. The third kappa shape index (κ3) is 2.17. The van der Waals surface area contributed by atoms with E-state index in [9.17, 15) is 9.59 Å². The number of aromatic nitrogens is 3. The molecule has 2 aromatic carbocycles. The van der Waals surface area contributed by atoms with E-state index in [4.69, 9.17) is 0 Å². The first-order valence-corrected chi connectivity index (χ1v) is 7.73. The zero-order valence-corrected chi connectivity index (χ0v) is 13.4. The van der Waals surface area contributed by atoms with Crippen molar-refractivity contribution in [3.63, 3.8) is 0 Å². The number of fused-ring (bicyclic) bond motifs is 2. The van der Waals surface area contributed by atoms with Gasteiger partial charge in [0.1, 0.15) is 5.69 Å². The minimum absolute atomic E-state index is 0.142. The molecule has 0 saturated carbocycles. The van der Waals surface area contributed by atoms with Crippen LogP contribution < -0.4 is 0 Å². The Labute approximate surface area is 138 Å². The Balaban J connectivity index is 1.80. The van der Waals surface area contributed by atoms with Crippen molar-refractivity contribution in [2.75, 3.05) is 0 Å². The highest BCUT2D eigenvalue weighted by molar-refractivity contribution is 6.26. The molecule has 4 rings (SSSR count). The number of rotatable bonds is 2. The summed E-state index contributed by atoms with van der Waals surface area (Å²) in [5.41, 5.74) is 4.55. The Morgan fingerprint density at radius 2 is 1.54 bits per heavy atom. The molecule has 0 N–H and O–H groups in total. The Kier molecular flexibility index (Phi) is 3.16. The molecular formula is C19H15N3O2. The molecule has 1 heterocycles. The molecule has 0 fully saturated rings. The summed E-state index contributed by atoms with van der Waals surface area (Å²) < 4.78 is 1.53. The van der Waals surface area contributed by atoms with E-state index < -0.39 is 0 Å². The fraction of sp³-hybridized carbons (Fsp3) is 0.158. The van der Waals surface area contributed by atoms with Crippen LogP contribution in [0.4, 0.5) is 0 Å². The van der Waals surface area contributed by atoms with E-state index in [-0.39, 0.29) is 23.0 Å². The molecule has 5 heteroatoms. The highest BCUT2D eigenvalue weighted by Crippen LogP contribution is 2.26. The van der Waals surface area contributed by atoms with Crippen LogP contribution in [-0.4, -0.2) is 26.6 Å². The fourth-order valence-corrected chi connectivity index (χ4v) is 3.27. The van der Waals surface area contributed by atoms with Crippen LogP contribution in [0.1, 0.15) is 48.8 Å². The van der Waals surface area contributed by atoms with Crippen LogP contribution in [-0.2, 0) is 6.54 Å². The van der Waals surface area contributed by atoms with Gasteiger partial charge in [0.25, 0.3) is 0 Å². The van der Waals surface area contributed by atoms with E-state index in [1.807, 2.05) is 26.0 Å². The summed E-state index contributed by atoms with van der Waals surface area (Å²) in [6, 6.07) is 13.0. The van der Waals surface area contributed by atoms with E-state index >= 15 is 0 Å². The van der Waals surface area contributed by atoms with Gasteiger partial charge in [-0.2, -0.15) is 0 Å². The van der Waals surface area contributed by atoms with Crippen molar-refractivity contribution >= 4 is 11.6 Å². The Hall–Kier alpha value is -3.08. The van der Waals surface area contributed by atoms with Gasteiger partial charge in [-0.15, -0.1) is 5.10 Å². The van der Waals surface area contributed by atoms with Crippen molar-refractivity contribution in [3.8, 4) is 0 Å². The molecule has 1 aliphatic carbocycles. The van der Waals surface area contributed by atoms with E-state index in [0.29, 0.717) is 17.7 Å². The zero-order chi connectivity index (χ0) is 16.8. The second-order valence-corrected chi connectivity index (χ2v) is 6.14. The topological polar surface area (TPSA) is 64.8 Å². The lowest BCUT2D eigenvalue weighted by Gasteiger charge is -2.14. The van der Waals surface area contributed by atoms with Crippen molar-refractivity contribution in [1.29, 1.82) is 0 Å². The summed E-state index contributed by atoms with van der Waals surface area (Å²) in [6.45, 7) is 4.46. The first-order valence-electron chi connectivity index (χ1n) is 7.73. The van der Waals surface area contributed by atoms with Crippen LogP contribution in [0, 0.1) is 13.8 Å². The van der Waals surface area contributed by atoms with Gasteiger partial charge < -0.3 is 0 Å². The first kappa shape index (κ1) is 14.5. The molecule has 0 spiro atoms. The zero-order valence-electron chi connectivity index (χ0n) is 13.4. The minimum Gasteiger partial charge on any atom is -0.287 e. The van der Waals surface area contributed by atoms with Crippen molar-refractivity contribution in [2.45, 2.75) is 20.4 Å². The second-order valence-electron chi connectivity index (χ2n) is 6.14. The summed E-state index contributed by atoms with van der Waals surface area (Å²) in [7, 11) is 0. The lowest BCUT2D eigenvalue weighted by atomic mass is 9.90. The lowest BCUT2D eigenvalue weighted by molar-refractivity contribution is 0.0971. The van der Waals surface area contributed by atoms with Gasteiger partial charge in [0, 0.05) is 11.1 Å². The van der Waals surface area contributed by atoms with E-state index in [1.165, 1.54) is 4.68 Å². The van der Waals surface area contributed by atoms with E-state index in [2.05, 4.69) is 16.4 Å². The molecule has 0 saturated heterocycles. The second kappa shape index (κ2) is 5.23. The maximum atomic E-state index is 12.8. The van der Waals surface area contributed by atoms with Crippen molar-refractivity contribution in [3.05, 3.63) is 81.7 Å². The molecule has 0 amide bonds. The van der Waals surface area contributed by atoms with Gasteiger partial charge in [0.2, 0.25) is 11.6 Å². The molecule has 0 radical (unpaired) electrons. The van der Waals surface area contributed by atoms with Crippen molar-refractivity contribution < 1.29 is 9.59 Å². The van der Waals surface area contributed by atoms with Gasteiger partial charge in [0.15, 0.2) is 5.69 Å². The van der Waals surface area contributed by atoms with Crippen LogP contribution in [0.25, 0.3) is 0 Å². The Morgan fingerprint density at radius 1 is 0.917 bits per heavy atom. The molecule has 0 aliphatic heterocycles. The molecule has 118 valence electrons. The summed E-state index contributed by atoms with van der Waals surface area (Å²) in [5, 5.41) is 8.03. The van der Waals surface area contributed by atoms with E-state index in [0.717, 1.165) is 16.7 Å². The van der Waals surface area contributed by atoms with Crippen LogP contribution >= 0.6 is 0 Å². The molecular weight excluding hydrogens is 302 g/mol. The molecule has 0 bridgehead atoms. The SMILES string of the molecule is Cc1cc(C)cc(Cn2nnc3c2C(=O)c2ccccc2C3=O)c1. The van der Waals surface area contributed by atoms with Gasteiger partial charge >= 0.3 is 0 Å².